The summed E-state index contributed by atoms with van der Waals surface area (Å²) in [6, 6.07) is 6.40. The lowest BCUT2D eigenvalue weighted by molar-refractivity contribution is -0.0894. The molecule has 1 aliphatic heterocycles. The maximum atomic E-state index is 13.3. The number of halogens is 1. The molecule has 7 nitrogen and oxygen atoms in total. The van der Waals surface area contributed by atoms with E-state index in [-0.39, 0.29) is 18.9 Å². The summed E-state index contributed by atoms with van der Waals surface area (Å²) in [7, 11) is 0. The third kappa shape index (κ3) is 7.28. The second kappa shape index (κ2) is 12.0. The van der Waals surface area contributed by atoms with Crippen molar-refractivity contribution in [2.75, 3.05) is 26.2 Å². The molecule has 31 heavy (non-hydrogen) atoms. The normalized spacial score (nSPS) is 24.9. The minimum absolute atomic E-state index is 0.240. The van der Waals surface area contributed by atoms with Crippen LogP contribution in [-0.4, -0.2) is 81.0 Å². The number of likely N-dealkylation sites (tertiary alicyclic amines) is 1. The Kier molecular flexibility index (Phi) is 9.33. The van der Waals surface area contributed by atoms with Crippen LogP contribution in [0.4, 0.5) is 4.39 Å². The van der Waals surface area contributed by atoms with Crippen LogP contribution in [0.25, 0.3) is 10.6 Å². The lowest BCUT2D eigenvalue weighted by Gasteiger charge is -2.23. The molecule has 0 spiro atoms. The van der Waals surface area contributed by atoms with Crippen molar-refractivity contribution >= 4 is 11.3 Å². The number of nitrogens with zero attached hydrogens (tertiary/aromatic N) is 2. The predicted molar refractivity (Wildman–Crippen MR) is 116 cm³/mol. The van der Waals surface area contributed by atoms with Crippen molar-refractivity contribution < 1.29 is 29.6 Å². The zero-order valence-corrected chi connectivity index (χ0v) is 18.3. The Hall–Kier alpha value is -1.46. The molecule has 2 heterocycles. The van der Waals surface area contributed by atoms with Gasteiger partial charge < -0.3 is 25.2 Å². The van der Waals surface area contributed by atoms with Crippen molar-refractivity contribution in [2.45, 2.75) is 56.7 Å². The fraction of sp³-hybridized carbons (Fsp3) is 0.591. The molecule has 172 valence electrons. The molecule has 2 aromatic rings. The number of benzene rings is 1. The lowest BCUT2D eigenvalue weighted by atomic mass is 10.1. The topological polar surface area (TPSA) is 106 Å². The first-order valence-corrected chi connectivity index (χ1v) is 11.5. The third-order valence-electron chi connectivity index (χ3n) is 5.42. The molecule has 0 bridgehead atoms. The first kappa shape index (κ1) is 24.2. The smallest absolute Gasteiger partial charge is 0.123 e. The number of hydrogen-bond acceptors (Lipinski definition) is 8. The minimum Gasteiger partial charge on any atom is -0.389 e. The van der Waals surface area contributed by atoms with Crippen molar-refractivity contribution in [1.82, 2.24) is 9.88 Å². The maximum absolute atomic E-state index is 13.3. The van der Waals surface area contributed by atoms with Crippen molar-refractivity contribution in [3.05, 3.63) is 41.2 Å². The summed E-state index contributed by atoms with van der Waals surface area (Å²) >= 11 is 1.47. The van der Waals surface area contributed by atoms with Gasteiger partial charge in [0, 0.05) is 30.6 Å². The molecule has 1 aliphatic rings. The molecular formula is C22H31FN2O5S. The average Bonchev–Trinajstić information content (AvgIpc) is 3.20. The van der Waals surface area contributed by atoms with E-state index in [0.29, 0.717) is 19.8 Å². The van der Waals surface area contributed by atoms with Crippen molar-refractivity contribution in [1.29, 1.82) is 0 Å². The number of aliphatic hydroxyl groups is 4. The number of thiazole rings is 1. The molecule has 3 rings (SSSR count). The Labute approximate surface area is 185 Å². The van der Waals surface area contributed by atoms with Crippen LogP contribution >= 0.6 is 11.3 Å². The molecule has 0 unspecified atom stereocenters. The van der Waals surface area contributed by atoms with E-state index in [1.54, 1.807) is 6.07 Å². The monoisotopic (exact) mass is 454 g/mol. The van der Waals surface area contributed by atoms with Crippen LogP contribution in [0.2, 0.25) is 0 Å². The highest BCUT2D eigenvalue weighted by Crippen LogP contribution is 2.24. The molecule has 4 N–H and O–H groups in total. The van der Waals surface area contributed by atoms with Crippen LogP contribution in [0, 0.1) is 5.82 Å². The number of rotatable bonds is 10. The average molecular weight is 455 g/mol. The van der Waals surface area contributed by atoms with E-state index in [9.17, 15) is 24.8 Å². The number of unbranched alkanes of at least 4 members (excludes halogenated alkanes) is 3. The number of ether oxygens (including phenoxy) is 1. The van der Waals surface area contributed by atoms with Crippen molar-refractivity contribution in [3.63, 3.8) is 0 Å². The summed E-state index contributed by atoms with van der Waals surface area (Å²) in [6.07, 6.45) is -0.967. The SMILES string of the molecule is O[C@H]1[C@H](O)[C@@H](O)CN(CCCCCCOCc2csc(-c3cccc(F)c3)n2)C[C@@H]1O. The van der Waals surface area contributed by atoms with E-state index in [0.717, 1.165) is 41.9 Å². The van der Waals surface area contributed by atoms with Crippen molar-refractivity contribution in [2.24, 2.45) is 0 Å². The Balaban J connectivity index is 1.27. The fourth-order valence-electron chi connectivity index (χ4n) is 3.65. The Bertz CT molecular complexity index is 792. The second-order valence-corrected chi connectivity index (χ2v) is 8.85. The summed E-state index contributed by atoms with van der Waals surface area (Å²) in [5.41, 5.74) is 1.61. The van der Waals surface area contributed by atoms with Gasteiger partial charge in [-0.05, 0) is 31.5 Å². The van der Waals surface area contributed by atoms with Gasteiger partial charge in [-0.1, -0.05) is 25.0 Å². The van der Waals surface area contributed by atoms with Crippen LogP contribution in [0.5, 0.6) is 0 Å². The predicted octanol–water partition coefficient (Wildman–Crippen LogP) is 1.79. The largest absolute Gasteiger partial charge is 0.389 e. The number of β-amino-alcohol motifs (C(OH)–C–C–N with tert-alkyl or cyclic N) is 2. The van der Waals surface area contributed by atoms with Crippen molar-refractivity contribution in [3.8, 4) is 10.6 Å². The molecule has 0 radical (unpaired) electrons. The molecule has 0 amide bonds. The minimum atomic E-state index is -1.32. The van der Waals surface area contributed by atoms with E-state index >= 15 is 0 Å². The molecular weight excluding hydrogens is 423 g/mol. The van der Waals surface area contributed by atoms with Gasteiger partial charge in [-0.2, -0.15) is 0 Å². The molecule has 1 aromatic carbocycles. The summed E-state index contributed by atoms with van der Waals surface area (Å²) < 4.78 is 19.0. The lowest BCUT2D eigenvalue weighted by Crippen LogP contribution is -2.43. The Morgan fingerprint density at radius 3 is 2.45 bits per heavy atom. The van der Waals surface area contributed by atoms with Crippen LogP contribution in [0.3, 0.4) is 0 Å². The number of hydrogen-bond donors (Lipinski definition) is 4. The van der Waals surface area contributed by atoms with Gasteiger partial charge in [0.05, 0.1) is 24.5 Å². The van der Waals surface area contributed by atoms with Gasteiger partial charge in [-0.25, -0.2) is 9.37 Å². The first-order valence-electron chi connectivity index (χ1n) is 10.7. The van der Waals surface area contributed by atoms with E-state index in [1.807, 2.05) is 16.3 Å². The fourth-order valence-corrected chi connectivity index (χ4v) is 4.46. The van der Waals surface area contributed by atoms with Gasteiger partial charge in [-0.3, -0.25) is 4.90 Å². The van der Waals surface area contributed by atoms with Gasteiger partial charge in [0.2, 0.25) is 0 Å². The Morgan fingerprint density at radius 2 is 1.74 bits per heavy atom. The van der Waals surface area contributed by atoms with Crippen LogP contribution in [0.15, 0.2) is 29.6 Å². The number of aliphatic hydroxyl groups excluding tert-OH is 4. The molecule has 1 fully saturated rings. The van der Waals surface area contributed by atoms with Gasteiger partial charge >= 0.3 is 0 Å². The summed E-state index contributed by atoms with van der Waals surface area (Å²) in [4.78, 5) is 6.37. The molecule has 0 saturated carbocycles. The van der Waals surface area contributed by atoms with E-state index in [4.69, 9.17) is 4.74 Å². The second-order valence-electron chi connectivity index (χ2n) is 8.00. The van der Waals surface area contributed by atoms with E-state index in [2.05, 4.69) is 4.98 Å². The zero-order valence-electron chi connectivity index (χ0n) is 17.4. The standard InChI is InChI=1S/C22H31FN2O5S/c23-16-7-5-6-15(10-16)22-24-17(14-31-22)13-30-9-4-2-1-3-8-25-11-18(26)20(28)21(29)19(27)12-25/h5-7,10,14,18-21,26-29H,1-4,8-9,11-13H2/t18-,19-,20+,21+/m0/s1. The van der Waals surface area contributed by atoms with Crippen LogP contribution < -0.4 is 0 Å². The molecule has 9 heteroatoms. The van der Waals surface area contributed by atoms with Gasteiger partial charge in [-0.15, -0.1) is 11.3 Å². The maximum Gasteiger partial charge on any atom is 0.123 e. The molecule has 1 saturated heterocycles. The van der Waals surface area contributed by atoms with Crippen LogP contribution in [0.1, 0.15) is 31.4 Å². The first-order chi connectivity index (χ1) is 14.9. The third-order valence-corrected chi connectivity index (χ3v) is 6.36. The highest BCUT2D eigenvalue weighted by atomic mass is 32.1. The van der Waals surface area contributed by atoms with Gasteiger partial charge in [0.1, 0.15) is 23.0 Å². The van der Waals surface area contributed by atoms with E-state index in [1.165, 1.54) is 23.5 Å². The van der Waals surface area contributed by atoms with Crippen LogP contribution in [-0.2, 0) is 11.3 Å². The highest BCUT2D eigenvalue weighted by molar-refractivity contribution is 7.13. The molecule has 4 atom stereocenters. The van der Waals surface area contributed by atoms with E-state index < -0.39 is 24.4 Å². The van der Waals surface area contributed by atoms with Gasteiger partial charge in [0.15, 0.2) is 0 Å². The summed E-state index contributed by atoms with van der Waals surface area (Å²) in [5.74, 6) is -0.274. The number of aromatic nitrogens is 1. The molecule has 1 aromatic heterocycles. The summed E-state index contributed by atoms with van der Waals surface area (Å²) in [6.45, 7) is 2.23. The van der Waals surface area contributed by atoms with Gasteiger partial charge in [0.25, 0.3) is 0 Å². The Morgan fingerprint density at radius 1 is 1.03 bits per heavy atom. The zero-order chi connectivity index (χ0) is 22.2. The quantitative estimate of drug-likeness (QED) is 0.406. The molecule has 0 aliphatic carbocycles. The highest BCUT2D eigenvalue weighted by Gasteiger charge is 2.35. The summed E-state index contributed by atoms with van der Waals surface area (Å²) in [5, 5.41) is 42.0.